The van der Waals surface area contributed by atoms with Crippen molar-refractivity contribution in [1.29, 1.82) is 0 Å². The van der Waals surface area contributed by atoms with E-state index in [1.54, 1.807) is 32.9 Å². The van der Waals surface area contributed by atoms with Crippen molar-refractivity contribution in [1.82, 2.24) is 31.7 Å². The highest BCUT2D eigenvalue weighted by Gasteiger charge is 2.23. The predicted molar refractivity (Wildman–Crippen MR) is 144 cm³/mol. The van der Waals surface area contributed by atoms with Crippen LogP contribution in [0.2, 0.25) is 0 Å². The van der Waals surface area contributed by atoms with Crippen LogP contribution in [0.1, 0.15) is 45.7 Å². The maximum absolute atomic E-state index is 12.9. The van der Waals surface area contributed by atoms with Gasteiger partial charge in [0.25, 0.3) is 5.91 Å². The second-order valence-corrected chi connectivity index (χ2v) is 9.95. The van der Waals surface area contributed by atoms with E-state index in [9.17, 15) is 19.2 Å². The Morgan fingerprint density at radius 2 is 1.36 bits per heavy atom. The highest BCUT2D eigenvalue weighted by atomic mass is 16.6. The van der Waals surface area contributed by atoms with Gasteiger partial charge in [0.15, 0.2) is 0 Å². The van der Waals surface area contributed by atoms with Gasteiger partial charge in [0.05, 0.1) is 13.1 Å². The molecule has 4 amide bonds. The second kappa shape index (κ2) is 15.3. The number of carbonyl (C=O) groups is 4. The van der Waals surface area contributed by atoms with Crippen LogP contribution in [-0.2, 0) is 32.2 Å². The van der Waals surface area contributed by atoms with E-state index in [-0.39, 0.29) is 32.3 Å². The van der Waals surface area contributed by atoms with Gasteiger partial charge in [-0.05, 0) is 45.7 Å². The summed E-state index contributed by atoms with van der Waals surface area (Å²) in [7, 11) is 0. The van der Waals surface area contributed by atoms with E-state index < -0.39 is 29.6 Å². The Hall–Kier alpha value is -4.16. The Balaban J connectivity index is 1.94. The first-order chi connectivity index (χ1) is 18.4. The number of carbonyl (C=O) groups excluding carboxylic acids is 4. The Kier molecular flexibility index (Phi) is 12.2. The number of benzene rings is 2. The van der Waals surface area contributed by atoms with E-state index in [0.29, 0.717) is 0 Å². The predicted octanol–water partition coefficient (Wildman–Crippen LogP) is 2.63. The zero-order valence-corrected chi connectivity index (χ0v) is 23.0. The lowest BCUT2D eigenvalue weighted by Crippen LogP contribution is -2.55. The van der Waals surface area contributed by atoms with Gasteiger partial charge in [0.1, 0.15) is 12.2 Å². The Morgan fingerprint density at radius 3 is 1.92 bits per heavy atom. The summed E-state index contributed by atoms with van der Waals surface area (Å²) < 4.78 is 10.3. The first-order valence-electron chi connectivity index (χ1n) is 12.5. The number of nitrogens with one attached hydrogen (secondary N) is 4. The molecule has 0 atom stereocenters. The monoisotopic (exact) mass is 542 g/mol. The third kappa shape index (κ3) is 13.3. The van der Waals surface area contributed by atoms with Crippen molar-refractivity contribution in [2.24, 2.45) is 0 Å². The molecule has 12 nitrogen and oxygen atoms in total. The van der Waals surface area contributed by atoms with Crippen molar-refractivity contribution < 1.29 is 28.7 Å². The van der Waals surface area contributed by atoms with E-state index in [0.717, 1.165) is 11.1 Å². The number of rotatable bonds is 11. The van der Waals surface area contributed by atoms with Crippen LogP contribution in [0.15, 0.2) is 60.7 Å². The lowest BCUT2D eigenvalue weighted by atomic mass is 10.2. The molecule has 0 fully saturated rings. The van der Waals surface area contributed by atoms with E-state index >= 15 is 0 Å². The number of nitrogens with zero attached hydrogens (tertiary/aromatic N) is 2. The van der Waals surface area contributed by atoms with Crippen LogP contribution >= 0.6 is 0 Å². The number of amides is 4. The maximum Gasteiger partial charge on any atom is 0.426 e. The fraction of sp³-hybridized carbons (Fsp3) is 0.407. The fourth-order valence-corrected chi connectivity index (χ4v) is 3.17. The molecule has 0 bridgehead atoms. The molecule has 39 heavy (non-hydrogen) atoms. The topological polar surface area (TPSA) is 141 Å². The van der Waals surface area contributed by atoms with Crippen molar-refractivity contribution in [3.05, 3.63) is 71.8 Å². The highest BCUT2D eigenvalue weighted by molar-refractivity contribution is 5.82. The Bertz CT molecular complexity index is 1080. The summed E-state index contributed by atoms with van der Waals surface area (Å²) >= 11 is 0. The van der Waals surface area contributed by atoms with Crippen LogP contribution in [0.25, 0.3) is 0 Å². The quantitative estimate of drug-likeness (QED) is 0.318. The first kappa shape index (κ1) is 31.1. The molecular formula is C27H38N6O6. The van der Waals surface area contributed by atoms with E-state index in [2.05, 4.69) is 21.7 Å². The standard InChI is InChI=1S/C27H38N6O6/c1-20(2)33(31-26(37)39-27(3,4)5)18-24(35)30-32(16-21-12-8-6-9-13-21)17-23(34)28-29-25(36)38-19-22-14-10-7-11-15-22/h6-15,20H,16-19H2,1-5H3,(H,28,34)(H,29,36)(H,30,35)(H,31,37). The first-order valence-corrected chi connectivity index (χ1v) is 12.5. The molecule has 0 aliphatic rings. The van der Waals surface area contributed by atoms with Crippen LogP contribution < -0.4 is 21.7 Å². The zero-order valence-electron chi connectivity index (χ0n) is 23.0. The lowest BCUT2D eigenvalue weighted by Gasteiger charge is -2.29. The minimum absolute atomic E-state index is 0.0441. The van der Waals surface area contributed by atoms with Crippen LogP contribution in [-0.4, -0.2) is 58.8 Å². The van der Waals surface area contributed by atoms with Gasteiger partial charge in [-0.25, -0.2) is 25.0 Å². The molecule has 2 aromatic carbocycles. The van der Waals surface area contributed by atoms with Gasteiger partial charge in [0.2, 0.25) is 5.91 Å². The molecule has 0 heterocycles. The average Bonchev–Trinajstić information content (AvgIpc) is 2.85. The maximum atomic E-state index is 12.9. The van der Waals surface area contributed by atoms with Gasteiger partial charge in [-0.2, -0.15) is 0 Å². The number of hydrogen-bond acceptors (Lipinski definition) is 8. The zero-order chi connectivity index (χ0) is 28.8. The smallest absolute Gasteiger partial charge is 0.426 e. The van der Waals surface area contributed by atoms with E-state index in [4.69, 9.17) is 9.47 Å². The summed E-state index contributed by atoms with van der Waals surface area (Å²) in [6.07, 6.45) is -1.51. The molecule has 0 unspecified atom stereocenters. The molecule has 0 spiro atoms. The lowest BCUT2D eigenvalue weighted by molar-refractivity contribution is -0.131. The second-order valence-electron chi connectivity index (χ2n) is 9.95. The largest absolute Gasteiger partial charge is 0.443 e. The molecule has 2 aromatic rings. The molecule has 0 aromatic heterocycles. The summed E-state index contributed by atoms with van der Waals surface area (Å²) in [4.78, 5) is 49.6. The van der Waals surface area contributed by atoms with Crippen molar-refractivity contribution in [2.75, 3.05) is 13.1 Å². The summed E-state index contributed by atoms with van der Waals surface area (Å²) in [6.45, 7) is 8.61. The summed E-state index contributed by atoms with van der Waals surface area (Å²) in [5, 5.41) is 2.82. The highest BCUT2D eigenvalue weighted by Crippen LogP contribution is 2.08. The molecule has 0 radical (unpaired) electrons. The molecule has 12 heteroatoms. The van der Waals surface area contributed by atoms with Crippen molar-refractivity contribution in [3.63, 3.8) is 0 Å². The SMILES string of the molecule is CC(C)N(CC(=O)NN(CC(=O)NNC(=O)OCc1ccccc1)Cc1ccccc1)NC(=O)OC(C)(C)C. The summed E-state index contributed by atoms with van der Waals surface area (Å²) in [6, 6.07) is 18.1. The van der Waals surface area contributed by atoms with Crippen LogP contribution in [0.5, 0.6) is 0 Å². The van der Waals surface area contributed by atoms with Crippen LogP contribution in [0.4, 0.5) is 9.59 Å². The fourth-order valence-electron chi connectivity index (χ4n) is 3.17. The van der Waals surface area contributed by atoms with Crippen LogP contribution in [0.3, 0.4) is 0 Å². The third-order valence-electron chi connectivity index (χ3n) is 4.92. The molecule has 2 rings (SSSR count). The molecule has 4 N–H and O–H groups in total. The van der Waals surface area contributed by atoms with Gasteiger partial charge >= 0.3 is 12.2 Å². The van der Waals surface area contributed by atoms with Gasteiger partial charge in [-0.1, -0.05) is 60.7 Å². The van der Waals surface area contributed by atoms with Crippen molar-refractivity contribution >= 4 is 24.0 Å². The van der Waals surface area contributed by atoms with Crippen molar-refractivity contribution in [3.8, 4) is 0 Å². The Labute approximate surface area is 228 Å². The molecule has 0 saturated heterocycles. The van der Waals surface area contributed by atoms with E-state index in [1.807, 2.05) is 62.4 Å². The number of hydrazine groups is 3. The van der Waals surface area contributed by atoms with Gasteiger partial charge in [-0.3, -0.25) is 25.9 Å². The average molecular weight is 543 g/mol. The number of ether oxygens (including phenoxy) is 2. The molecule has 0 aliphatic carbocycles. The van der Waals surface area contributed by atoms with Gasteiger partial charge in [-0.15, -0.1) is 0 Å². The Morgan fingerprint density at radius 1 is 0.769 bits per heavy atom. The van der Waals surface area contributed by atoms with E-state index in [1.165, 1.54) is 10.0 Å². The minimum atomic E-state index is -0.827. The van der Waals surface area contributed by atoms with Gasteiger partial charge < -0.3 is 9.47 Å². The molecule has 0 aliphatic heterocycles. The number of hydrogen-bond donors (Lipinski definition) is 4. The molecule has 212 valence electrons. The minimum Gasteiger partial charge on any atom is -0.443 e. The van der Waals surface area contributed by atoms with Crippen molar-refractivity contribution in [2.45, 2.75) is 59.4 Å². The van der Waals surface area contributed by atoms with Gasteiger partial charge in [0, 0.05) is 12.6 Å². The van der Waals surface area contributed by atoms with Crippen LogP contribution in [0, 0.1) is 0 Å². The third-order valence-corrected chi connectivity index (χ3v) is 4.92. The molecule has 0 saturated carbocycles. The molecular weight excluding hydrogens is 504 g/mol. The summed E-state index contributed by atoms with van der Waals surface area (Å²) in [5.74, 6) is -1.06. The summed E-state index contributed by atoms with van der Waals surface area (Å²) in [5.41, 5.74) is 10.7. The normalized spacial score (nSPS) is 11.2.